The molecule has 1 aliphatic heterocycles. The van der Waals surface area contributed by atoms with E-state index in [1.54, 1.807) is 24.3 Å². The molecule has 0 N–H and O–H groups in total. The lowest BCUT2D eigenvalue weighted by atomic mass is 10.1. The van der Waals surface area contributed by atoms with Crippen molar-refractivity contribution in [2.45, 2.75) is 19.3 Å². The first-order valence-corrected chi connectivity index (χ1v) is 9.51. The van der Waals surface area contributed by atoms with Gasteiger partial charge in [-0.3, -0.25) is 24.6 Å². The number of nitro benzene ring substituents is 1. The number of fused-ring (bicyclic) bond motifs is 1. The zero-order valence-corrected chi connectivity index (χ0v) is 16.5. The Balaban J connectivity index is 1.45. The van der Waals surface area contributed by atoms with E-state index in [1.165, 1.54) is 30.2 Å². The number of amides is 2. The molecule has 0 radical (unpaired) electrons. The van der Waals surface area contributed by atoms with Crippen LogP contribution in [0, 0.1) is 10.1 Å². The topological polar surface area (TPSA) is 108 Å². The largest absolute Gasteiger partial charge is 0.490 e. The van der Waals surface area contributed by atoms with Gasteiger partial charge in [-0.1, -0.05) is 12.1 Å². The van der Waals surface area contributed by atoms with Crippen molar-refractivity contribution in [1.29, 1.82) is 0 Å². The molecule has 30 heavy (non-hydrogen) atoms. The molecule has 0 unspecified atom stereocenters. The molecule has 0 saturated heterocycles. The van der Waals surface area contributed by atoms with Gasteiger partial charge in [0, 0.05) is 19.7 Å². The summed E-state index contributed by atoms with van der Waals surface area (Å²) in [5.74, 6) is 0.116. The van der Waals surface area contributed by atoms with Crippen LogP contribution in [0.5, 0.6) is 11.5 Å². The van der Waals surface area contributed by atoms with E-state index in [9.17, 15) is 19.7 Å². The molecule has 2 amide bonds. The van der Waals surface area contributed by atoms with Crippen molar-refractivity contribution >= 4 is 17.5 Å². The van der Waals surface area contributed by atoms with E-state index in [4.69, 9.17) is 14.2 Å². The van der Waals surface area contributed by atoms with Crippen LogP contribution in [0.15, 0.2) is 42.5 Å². The van der Waals surface area contributed by atoms with E-state index in [2.05, 4.69) is 0 Å². The number of rotatable bonds is 11. The summed E-state index contributed by atoms with van der Waals surface area (Å²) in [7, 11) is 1.45. The van der Waals surface area contributed by atoms with Crippen molar-refractivity contribution in [3.63, 3.8) is 0 Å². The average molecular weight is 414 g/mol. The molecule has 9 nitrogen and oxygen atoms in total. The van der Waals surface area contributed by atoms with Crippen molar-refractivity contribution in [2.75, 3.05) is 27.1 Å². The Morgan fingerprint density at radius 3 is 2.27 bits per heavy atom. The van der Waals surface area contributed by atoms with E-state index in [0.29, 0.717) is 42.9 Å². The van der Waals surface area contributed by atoms with Gasteiger partial charge in [-0.25, -0.2) is 0 Å². The monoisotopic (exact) mass is 414 g/mol. The summed E-state index contributed by atoms with van der Waals surface area (Å²) in [5, 5.41) is 10.9. The SMILES string of the molecule is COCOc1cc([N+](=O)[O-])ccc1OCCCCCN1C(=O)c2ccccc2C1=O. The van der Waals surface area contributed by atoms with Gasteiger partial charge in [0.1, 0.15) is 0 Å². The number of imide groups is 1. The summed E-state index contributed by atoms with van der Waals surface area (Å²) >= 11 is 0. The Morgan fingerprint density at radius 2 is 1.63 bits per heavy atom. The predicted molar refractivity (Wildman–Crippen MR) is 107 cm³/mol. The summed E-state index contributed by atoms with van der Waals surface area (Å²) in [6, 6.07) is 10.9. The molecule has 0 atom stereocenters. The van der Waals surface area contributed by atoms with E-state index < -0.39 is 4.92 Å². The van der Waals surface area contributed by atoms with Crippen LogP contribution in [0.3, 0.4) is 0 Å². The van der Waals surface area contributed by atoms with Gasteiger partial charge in [0.15, 0.2) is 18.3 Å². The molecule has 0 aliphatic carbocycles. The number of non-ortho nitro benzene ring substituents is 1. The minimum absolute atomic E-state index is 0.0577. The van der Waals surface area contributed by atoms with Gasteiger partial charge in [-0.15, -0.1) is 0 Å². The van der Waals surface area contributed by atoms with Gasteiger partial charge in [0.2, 0.25) is 0 Å². The summed E-state index contributed by atoms with van der Waals surface area (Å²) in [6.07, 6.45) is 2.08. The van der Waals surface area contributed by atoms with Crippen molar-refractivity contribution in [3.05, 3.63) is 63.7 Å². The minimum Gasteiger partial charge on any atom is -0.490 e. The first-order chi connectivity index (χ1) is 14.5. The lowest BCUT2D eigenvalue weighted by Gasteiger charge is -2.14. The van der Waals surface area contributed by atoms with Crippen LogP contribution in [0.4, 0.5) is 5.69 Å². The van der Waals surface area contributed by atoms with Crippen LogP contribution in [0.1, 0.15) is 40.0 Å². The number of ether oxygens (including phenoxy) is 3. The highest BCUT2D eigenvalue weighted by molar-refractivity contribution is 6.21. The van der Waals surface area contributed by atoms with E-state index >= 15 is 0 Å². The van der Waals surface area contributed by atoms with Crippen molar-refractivity contribution in [1.82, 2.24) is 4.90 Å². The fourth-order valence-electron chi connectivity index (χ4n) is 3.14. The quantitative estimate of drug-likeness (QED) is 0.182. The Morgan fingerprint density at radius 1 is 0.933 bits per heavy atom. The van der Waals surface area contributed by atoms with Gasteiger partial charge in [0.25, 0.3) is 17.5 Å². The van der Waals surface area contributed by atoms with Crippen LogP contribution in [-0.4, -0.2) is 48.7 Å². The van der Waals surface area contributed by atoms with Gasteiger partial charge in [-0.2, -0.15) is 0 Å². The summed E-state index contributed by atoms with van der Waals surface area (Å²) in [4.78, 5) is 36.3. The second kappa shape index (κ2) is 9.84. The second-order valence-electron chi connectivity index (χ2n) is 6.66. The molecule has 2 aromatic rings. The first-order valence-electron chi connectivity index (χ1n) is 9.51. The van der Waals surface area contributed by atoms with Crippen molar-refractivity contribution < 1.29 is 28.7 Å². The number of nitro groups is 1. The Hall–Kier alpha value is -3.46. The molecule has 9 heteroatoms. The third kappa shape index (κ3) is 4.74. The van der Waals surface area contributed by atoms with Crippen LogP contribution >= 0.6 is 0 Å². The van der Waals surface area contributed by atoms with Crippen LogP contribution in [-0.2, 0) is 4.74 Å². The van der Waals surface area contributed by atoms with Gasteiger partial charge >= 0.3 is 0 Å². The number of carbonyl (C=O) groups is 2. The van der Waals surface area contributed by atoms with Crippen molar-refractivity contribution in [2.24, 2.45) is 0 Å². The third-order valence-electron chi connectivity index (χ3n) is 4.63. The third-order valence-corrected chi connectivity index (χ3v) is 4.63. The number of unbranched alkanes of at least 4 members (excludes halogenated alkanes) is 2. The Kier molecular flexibility index (Phi) is 6.97. The zero-order chi connectivity index (χ0) is 21.5. The first kappa shape index (κ1) is 21.3. The molecule has 158 valence electrons. The highest BCUT2D eigenvalue weighted by Crippen LogP contribution is 2.31. The maximum atomic E-state index is 12.3. The number of benzene rings is 2. The van der Waals surface area contributed by atoms with Crippen LogP contribution < -0.4 is 9.47 Å². The Bertz CT molecular complexity index is 910. The number of methoxy groups -OCH3 is 1. The molecular weight excluding hydrogens is 392 g/mol. The van der Waals surface area contributed by atoms with Crippen molar-refractivity contribution in [3.8, 4) is 11.5 Å². The Labute approximate surface area is 173 Å². The second-order valence-corrected chi connectivity index (χ2v) is 6.66. The normalized spacial score (nSPS) is 12.8. The van der Waals surface area contributed by atoms with E-state index in [1.807, 2.05) is 0 Å². The number of nitrogens with zero attached hydrogens (tertiary/aromatic N) is 2. The summed E-state index contributed by atoms with van der Waals surface area (Å²) < 4.78 is 15.9. The molecule has 0 bridgehead atoms. The average Bonchev–Trinajstić information content (AvgIpc) is 2.99. The maximum Gasteiger partial charge on any atom is 0.273 e. The molecule has 0 saturated carbocycles. The molecule has 0 spiro atoms. The predicted octanol–water partition coefficient (Wildman–Crippen LogP) is 3.42. The number of hydrogen-bond donors (Lipinski definition) is 0. The molecule has 0 aromatic heterocycles. The van der Waals surface area contributed by atoms with Gasteiger partial charge in [0.05, 0.1) is 28.7 Å². The van der Waals surface area contributed by atoms with E-state index in [0.717, 1.165) is 6.42 Å². The number of hydrogen-bond acceptors (Lipinski definition) is 7. The lowest BCUT2D eigenvalue weighted by molar-refractivity contribution is -0.385. The molecule has 3 rings (SSSR count). The molecule has 2 aromatic carbocycles. The number of carbonyl (C=O) groups excluding carboxylic acids is 2. The highest BCUT2D eigenvalue weighted by Gasteiger charge is 2.34. The summed E-state index contributed by atoms with van der Waals surface area (Å²) in [6.45, 7) is 0.660. The smallest absolute Gasteiger partial charge is 0.273 e. The molecule has 1 aliphatic rings. The fraction of sp³-hybridized carbons (Fsp3) is 0.333. The van der Waals surface area contributed by atoms with Gasteiger partial charge in [-0.05, 0) is 37.5 Å². The standard InChI is InChI=1S/C21H22N2O7/c1-28-14-30-19-13-15(23(26)27)9-10-18(19)29-12-6-2-5-11-22-20(24)16-7-3-4-8-17(16)21(22)25/h3-4,7-10,13H,2,5-6,11-12,14H2,1H3. The van der Waals surface area contributed by atoms with Gasteiger partial charge < -0.3 is 14.2 Å². The highest BCUT2D eigenvalue weighted by atomic mass is 16.7. The lowest BCUT2D eigenvalue weighted by Crippen LogP contribution is -2.30. The minimum atomic E-state index is -0.511. The zero-order valence-electron chi connectivity index (χ0n) is 16.5. The van der Waals surface area contributed by atoms with Crippen LogP contribution in [0.2, 0.25) is 0 Å². The molecule has 0 fully saturated rings. The molecular formula is C21H22N2O7. The van der Waals surface area contributed by atoms with E-state index in [-0.39, 0.29) is 30.0 Å². The summed E-state index contributed by atoms with van der Waals surface area (Å²) in [5.41, 5.74) is 0.801. The molecule has 1 heterocycles. The maximum absolute atomic E-state index is 12.3. The fourth-order valence-corrected chi connectivity index (χ4v) is 3.14. The van der Waals surface area contributed by atoms with Crippen LogP contribution in [0.25, 0.3) is 0 Å².